The second-order valence-corrected chi connectivity index (χ2v) is 6.23. The quantitative estimate of drug-likeness (QED) is 0.820. The van der Waals surface area contributed by atoms with E-state index in [0.29, 0.717) is 12.0 Å². The van der Waals surface area contributed by atoms with Crippen LogP contribution in [0.25, 0.3) is 0 Å². The highest BCUT2D eigenvalue weighted by Crippen LogP contribution is 2.17. The summed E-state index contributed by atoms with van der Waals surface area (Å²) in [5.41, 5.74) is 1.40. The molecule has 0 saturated carbocycles. The first-order chi connectivity index (χ1) is 8.86. The van der Waals surface area contributed by atoms with Crippen LogP contribution >= 0.6 is 0 Å². The van der Waals surface area contributed by atoms with Crippen molar-refractivity contribution in [1.82, 2.24) is 4.72 Å². The van der Waals surface area contributed by atoms with E-state index in [1.807, 2.05) is 6.92 Å². The smallest absolute Gasteiger partial charge is 0.242 e. The van der Waals surface area contributed by atoms with Crippen LogP contribution < -0.4 is 4.72 Å². The number of hydrogen-bond donors (Lipinski definition) is 2. The highest BCUT2D eigenvalue weighted by atomic mass is 32.2. The van der Waals surface area contributed by atoms with Crippen molar-refractivity contribution in [2.75, 3.05) is 6.61 Å². The molecule has 0 amide bonds. The summed E-state index contributed by atoms with van der Waals surface area (Å²) in [6.07, 6.45) is 0.324. The van der Waals surface area contributed by atoms with E-state index < -0.39 is 10.0 Å². The van der Waals surface area contributed by atoms with Crippen LogP contribution in [0.4, 0.5) is 0 Å². The molecule has 5 heteroatoms. The van der Waals surface area contributed by atoms with Gasteiger partial charge in [-0.25, -0.2) is 13.1 Å². The van der Waals surface area contributed by atoms with Gasteiger partial charge in [0.15, 0.2) is 0 Å². The first-order valence-corrected chi connectivity index (χ1v) is 7.58. The fraction of sp³-hybridized carbons (Fsp3) is 0.429. The molecule has 0 atom stereocenters. The van der Waals surface area contributed by atoms with Crippen molar-refractivity contribution in [2.45, 2.75) is 38.1 Å². The summed E-state index contributed by atoms with van der Waals surface area (Å²) in [7, 11) is -3.56. The van der Waals surface area contributed by atoms with E-state index in [1.54, 1.807) is 32.0 Å². The number of benzene rings is 1. The average Bonchev–Trinajstić information content (AvgIpc) is 2.27. The monoisotopic (exact) mass is 281 g/mol. The Bertz CT molecular complexity index is 595. The fourth-order valence-corrected chi connectivity index (χ4v) is 2.96. The van der Waals surface area contributed by atoms with Crippen LogP contribution in [-0.4, -0.2) is 26.2 Å². The van der Waals surface area contributed by atoms with E-state index in [0.717, 1.165) is 5.56 Å². The van der Waals surface area contributed by atoms with E-state index in [2.05, 4.69) is 16.6 Å². The Kier molecular flexibility index (Phi) is 5.55. The number of aliphatic hydroxyl groups excluding tert-OH is 1. The van der Waals surface area contributed by atoms with Crippen LogP contribution in [0.15, 0.2) is 23.1 Å². The fourth-order valence-electron chi connectivity index (χ4n) is 1.56. The maximum Gasteiger partial charge on any atom is 0.242 e. The van der Waals surface area contributed by atoms with E-state index in [-0.39, 0.29) is 17.5 Å². The maximum absolute atomic E-state index is 12.2. The topological polar surface area (TPSA) is 66.4 Å². The molecule has 0 aliphatic rings. The number of sulfonamides is 1. The van der Waals surface area contributed by atoms with Gasteiger partial charge in [0.1, 0.15) is 0 Å². The standard InChI is InChI=1S/C14H19NO3S/c1-11(2)15-19(17,18)14-8-7-12(3)10-13(14)6-4-5-9-16/h7-8,10-11,15-16H,5,9H2,1-3H3. The normalized spacial score (nSPS) is 11.2. The van der Waals surface area contributed by atoms with Gasteiger partial charge in [-0.2, -0.15) is 0 Å². The lowest BCUT2D eigenvalue weighted by molar-refractivity contribution is 0.305. The Morgan fingerprint density at radius 2 is 2.05 bits per heavy atom. The zero-order chi connectivity index (χ0) is 14.5. The molecule has 0 unspecified atom stereocenters. The van der Waals surface area contributed by atoms with E-state index in [9.17, 15) is 8.42 Å². The zero-order valence-corrected chi connectivity index (χ0v) is 12.2. The molecule has 0 aliphatic heterocycles. The summed E-state index contributed by atoms with van der Waals surface area (Å²) in [5, 5.41) is 8.71. The number of nitrogens with one attached hydrogen (secondary N) is 1. The van der Waals surface area contributed by atoms with Crippen LogP contribution in [0, 0.1) is 18.8 Å². The largest absolute Gasteiger partial charge is 0.395 e. The molecule has 0 fully saturated rings. The molecule has 0 aromatic heterocycles. The molecule has 0 radical (unpaired) electrons. The van der Waals surface area contributed by atoms with Crippen molar-refractivity contribution in [1.29, 1.82) is 0 Å². The third kappa shape index (κ3) is 4.67. The van der Waals surface area contributed by atoms with Crippen molar-refractivity contribution in [3.05, 3.63) is 29.3 Å². The summed E-state index contributed by atoms with van der Waals surface area (Å²) in [6, 6.07) is 4.86. The Morgan fingerprint density at radius 1 is 1.37 bits per heavy atom. The highest BCUT2D eigenvalue weighted by Gasteiger charge is 2.18. The summed E-state index contributed by atoms with van der Waals surface area (Å²) in [4.78, 5) is 0.178. The van der Waals surface area contributed by atoms with Gasteiger partial charge in [-0.1, -0.05) is 17.9 Å². The Labute approximate surface area is 114 Å². The summed E-state index contributed by atoms with van der Waals surface area (Å²) >= 11 is 0. The molecule has 2 N–H and O–H groups in total. The van der Waals surface area contributed by atoms with E-state index in [4.69, 9.17) is 5.11 Å². The third-order valence-corrected chi connectivity index (χ3v) is 3.99. The van der Waals surface area contributed by atoms with E-state index >= 15 is 0 Å². The van der Waals surface area contributed by atoms with Crippen LogP contribution in [0.3, 0.4) is 0 Å². The molecule has 19 heavy (non-hydrogen) atoms. The molecule has 0 aliphatic carbocycles. The van der Waals surface area contributed by atoms with Gasteiger partial charge in [0.25, 0.3) is 0 Å². The minimum absolute atomic E-state index is 0.0366. The zero-order valence-electron chi connectivity index (χ0n) is 11.4. The van der Waals surface area contributed by atoms with Gasteiger partial charge >= 0.3 is 0 Å². The second-order valence-electron chi connectivity index (χ2n) is 4.55. The SMILES string of the molecule is Cc1ccc(S(=O)(=O)NC(C)C)c(C#CCCO)c1. The molecule has 0 saturated heterocycles. The number of rotatable bonds is 4. The second kappa shape index (κ2) is 6.71. The lowest BCUT2D eigenvalue weighted by atomic mass is 10.1. The van der Waals surface area contributed by atoms with Crippen molar-refractivity contribution in [2.24, 2.45) is 0 Å². The van der Waals surface area contributed by atoms with Crippen LogP contribution in [0.2, 0.25) is 0 Å². The third-order valence-electron chi connectivity index (χ3n) is 2.28. The summed E-state index contributed by atoms with van der Waals surface area (Å²) < 4.78 is 26.9. The number of aryl methyl sites for hydroxylation is 1. The van der Waals surface area contributed by atoms with Gasteiger partial charge in [-0.05, 0) is 38.5 Å². The molecule has 0 heterocycles. The molecule has 1 aromatic carbocycles. The minimum Gasteiger partial charge on any atom is -0.395 e. The Balaban J connectivity index is 3.25. The first-order valence-electron chi connectivity index (χ1n) is 6.09. The van der Waals surface area contributed by atoms with E-state index in [1.165, 1.54) is 0 Å². The van der Waals surface area contributed by atoms with Gasteiger partial charge < -0.3 is 5.11 Å². The maximum atomic E-state index is 12.2. The molecule has 1 aromatic rings. The predicted molar refractivity (Wildman–Crippen MR) is 75.2 cm³/mol. The predicted octanol–water partition coefficient (Wildman–Crippen LogP) is 1.42. The van der Waals surface area contributed by atoms with Crippen molar-refractivity contribution >= 4 is 10.0 Å². The Morgan fingerprint density at radius 3 is 2.63 bits per heavy atom. The lowest BCUT2D eigenvalue weighted by Crippen LogP contribution is -2.30. The van der Waals surface area contributed by atoms with Gasteiger partial charge in [-0.15, -0.1) is 0 Å². The Hall–Kier alpha value is -1.35. The van der Waals surface area contributed by atoms with Crippen LogP contribution in [0.1, 0.15) is 31.4 Å². The first kappa shape index (κ1) is 15.7. The minimum atomic E-state index is -3.56. The van der Waals surface area contributed by atoms with Crippen molar-refractivity contribution < 1.29 is 13.5 Å². The molecule has 104 valence electrons. The van der Waals surface area contributed by atoms with Gasteiger partial charge in [0.2, 0.25) is 10.0 Å². The molecule has 1 rings (SSSR count). The van der Waals surface area contributed by atoms with Crippen molar-refractivity contribution in [3.63, 3.8) is 0 Å². The highest BCUT2D eigenvalue weighted by molar-refractivity contribution is 7.89. The van der Waals surface area contributed by atoms with Gasteiger partial charge in [0, 0.05) is 18.0 Å². The number of hydrogen-bond acceptors (Lipinski definition) is 3. The van der Waals surface area contributed by atoms with Crippen LogP contribution in [0.5, 0.6) is 0 Å². The molecular weight excluding hydrogens is 262 g/mol. The molecule has 4 nitrogen and oxygen atoms in total. The summed E-state index contributed by atoms with van der Waals surface area (Å²) in [6.45, 7) is 5.38. The van der Waals surface area contributed by atoms with Crippen molar-refractivity contribution in [3.8, 4) is 11.8 Å². The number of aliphatic hydroxyl groups is 1. The molecular formula is C14H19NO3S. The average molecular weight is 281 g/mol. The molecule has 0 bridgehead atoms. The van der Waals surface area contributed by atoms with Crippen LogP contribution in [-0.2, 0) is 10.0 Å². The van der Waals surface area contributed by atoms with Gasteiger partial charge in [-0.3, -0.25) is 0 Å². The van der Waals surface area contributed by atoms with Gasteiger partial charge in [0.05, 0.1) is 11.5 Å². The molecule has 0 spiro atoms. The lowest BCUT2D eigenvalue weighted by Gasteiger charge is -2.11. The summed E-state index contributed by atoms with van der Waals surface area (Å²) in [5.74, 6) is 5.56.